The predicted octanol–water partition coefficient (Wildman–Crippen LogP) is 2.78. The van der Waals surface area contributed by atoms with Crippen LogP contribution >= 0.6 is 11.6 Å². The predicted molar refractivity (Wildman–Crippen MR) is 108 cm³/mol. The Morgan fingerprint density at radius 2 is 1.61 bits per heavy atom. The maximum Gasteiger partial charge on any atom is 0.310 e. The number of methoxy groups -OCH3 is 1. The molecule has 0 saturated carbocycles. The van der Waals surface area contributed by atoms with Gasteiger partial charge >= 0.3 is 5.97 Å². The summed E-state index contributed by atoms with van der Waals surface area (Å²) >= 11 is 5.82. The van der Waals surface area contributed by atoms with Crippen molar-refractivity contribution < 1.29 is 19.1 Å². The Kier molecular flexibility index (Phi) is 6.76. The van der Waals surface area contributed by atoms with Crippen molar-refractivity contribution in [1.82, 2.24) is 4.90 Å². The van der Waals surface area contributed by atoms with Crippen molar-refractivity contribution in [2.75, 3.05) is 44.8 Å². The standard InChI is InChI=1S/C21H23ClN2O4/c1-27-19-8-6-18(7-9-19)23-10-12-24(13-11-23)20(25)15-28-21(26)14-16-2-4-17(22)5-3-16/h2-9H,10-15H2,1H3. The molecule has 3 rings (SSSR count). The Morgan fingerprint density at radius 3 is 2.21 bits per heavy atom. The van der Waals surface area contributed by atoms with Crippen LogP contribution in [0.3, 0.4) is 0 Å². The lowest BCUT2D eigenvalue weighted by Crippen LogP contribution is -2.49. The van der Waals surface area contributed by atoms with E-state index in [1.54, 1.807) is 36.3 Å². The molecule has 148 valence electrons. The molecule has 0 spiro atoms. The number of nitrogens with zero attached hydrogens (tertiary/aromatic N) is 2. The van der Waals surface area contributed by atoms with E-state index in [9.17, 15) is 9.59 Å². The van der Waals surface area contributed by atoms with Crippen molar-refractivity contribution in [2.24, 2.45) is 0 Å². The minimum Gasteiger partial charge on any atom is -0.497 e. The highest BCUT2D eigenvalue weighted by Gasteiger charge is 2.22. The van der Waals surface area contributed by atoms with Gasteiger partial charge < -0.3 is 19.3 Å². The van der Waals surface area contributed by atoms with E-state index in [2.05, 4.69) is 4.90 Å². The number of ether oxygens (including phenoxy) is 2. The first-order chi connectivity index (χ1) is 13.5. The van der Waals surface area contributed by atoms with E-state index in [1.807, 2.05) is 24.3 Å². The summed E-state index contributed by atoms with van der Waals surface area (Å²) < 4.78 is 10.3. The van der Waals surface area contributed by atoms with Gasteiger partial charge in [0.2, 0.25) is 0 Å². The molecule has 1 heterocycles. The second kappa shape index (κ2) is 9.46. The quantitative estimate of drug-likeness (QED) is 0.695. The molecule has 0 N–H and O–H groups in total. The number of carbonyl (C=O) groups excluding carboxylic acids is 2. The number of benzene rings is 2. The Bertz CT molecular complexity index is 800. The smallest absolute Gasteiger partial charge is 0.310 e. The lowest BCUT2D eigenvalue weighted by Gasteiger charge is -2.36. The fourth-order valence-corrected chi connectivity index (χ4v) is 3.19. The van der Waals surface area contributed by atoms with Crippen molar-refractivity contribution in [3.8, 4) is 5.75 Å². The Labute approximate surface area is 169 Å². The van der Waals surface area contributed by atoms with Crippen LogP contribution in [0.1, 0.15) is 5.56 Å². The van der Waals surface area contributed by atoms with Gasteiger partial charge in [0.05, 0.1) is 13.5 Å². The number of anilines is 1. The number of halogens is 1. The molecule has 28 heavy (non-hydrogen) atoms. The second-order valence-corrected chi connectivity index (χ2v) is 6.97. The monoisotopic (exact) mass is 402 g/mol. The van der Waals surface area contributed by atoms with Crippen LogP contribution in [-0.4, -0.2) is 56.7 Å². The van der Waals surface area contributed by atoms with Gasteiger partial charge in [-0.2, -0.15) is 0 Å². The number of hydrogen-bond acceptors (Lipinski definition) is 5. The number of esters is 1. The molecule has 0 atom stereocenters. The van der Waals surface area contributed by atoms with Crippen LogP contribution in [0.4, 0.5) is 5.69 Å². The van der Waals surface area contributed by atoms with Crippen LogP contribution < -0.4 is 9.64 Å². The molecular weight excluding hydrogens is 380 g/mol. The zero-order valence-electron chi connectivity index (χ0n) is 15.8. The summed E-state index contributed by atoms with van der Waals surface area (Å²) in [5.74, 6) is 0.226. The highest BCUT2D eigenvalue weighted by Crippen LogP contribution is 2.20. The minimum atomic E-state index is -0.424. The highest BCUT2D eigenvalue weighted by molar-refractivity contribution is 6.30. The molecule has 7 heteroatoms. The van der Waals surface area contributed by atoms with Gasteiger partial charge in [0.25, 0.3) is 5.91 Å². The van der Waals surface area contributed by atoms with Crippen LogP contribution in [0.5, 0.6) is 5.75 Å². The van der Waals surface area contributed by atoms with Crippen LogP contribution in [0.2, 0.25) is 5.02 Å². The summed E-state index contributed by atoms with van der Waals surface area (Å²) in [5, 5.41) is 0.612. The number of piperazine rings is 1. The molecule has 0 aliphatic carbocycles. The van der Waals surface area contributed by atoms with Gasteiger partial charge in [-0.05, 0) is 42.0 Å². The topological polar surface area (TPSA) is 59.1 Å². The van der Waals surface area contributed by atoms with Crippen molar-refractivity contribution in [3.05, 3.63) is 59.1 Å². The van der Waals surface area contributed by atoms with Gasteiger partial charge in [-0.15, -0.1) is 0 Å². The summed E-state index contributed by atoms with van der Waals surface area (Å²) in [7, 11) is 1.64. The van der Waals surface area contributed by atoms with Crippen molar-refractivity contribution >= 4 is 29.2 Å². The van der Waals surface area contributed by atoms with E-state index in [1.165, 1.54) is 0 Å². The Morgan fingerprint density at radius 1 is 0.964 bits per heavy atom. The van der Waals surface area contributed by atoms with Crippen LogP contribution in [0.25, 0.3) is 0 Å². The molecule has 1 amide bonds. The summed E-state index contributed by atoms with van der Waals surface area (Å²) in [6.45, 7) is 2.43. The normalized spacial score (nSPS) is 13.9. The molecule has 1 saturated heterocycles. The first-order valence-corrected chi connectivity index (χ1v) is 9.50. The molecule has 1 aliphatic rings. The number of rotatable bonds is 6. The van der Waals surface area contributed by atoms with E-state index in [4.69, 9.17) is 21.1 Å². The minimum absolute atomic E-state index is 0.121. The van der Waals surface area contributed by atoms with Crippen LogP contribution in [0.15, 0.2) is 48.5 Å². The largest absolute Gasteiger partial charge is 0.497 e. The number of amides is 1. The zero-order chi connectivity index (χ0) is 19.9. The molecular formula is C21H23ClN2O4. The molecule has 0 aromatic heterocycles. The average molecular weight is 403 g/mol. The van der Waals surface area contributed by atoms with E-state index in [-0.39, 0.29) is 18.9 Å². The van der Waals surface area contributed by atoms with E-state index < -0.39 is 5.97 Å². The lowest BCUT2D eigenvalue weighted by molar-refractivity contribution is -0.151. The van der Waals surface area contributed by atoms with E-state index >= 15 is 0 Å². The third kappa shape index (κ3) is 5.39. The second-order valence-electron chi connectivity index (χ2n) is 6.53. The number of hydrogen-bond donors (Lipinski definition) is 0. The van der Waals surface area contributed by atoms with Crippen LogP contribution in [-0.2, 0) is 20.7 Å². The molecule has 0 radical (unpaired) electrons. The van der Waals surface area contributed by atoms with Crippen molar-refractivity contribution in [3.63, 3.8) is 0 Å². The molecule has 1 fully saturated rings. The molecule has 2 aromatic rings. The Hall–Kier alpha value is -2.73. The summed E-state index contributed by atoms with van der Waals surface area (Å²) in [6, 6.07) is 14.8. The van der Waals surface area contributed by atoms with Gasteiger partial charge in [-0.3, -0.25) is 9.59 Å². The van der Waals surface area contributed by atoms with Crippen LogP contribution in [0, 0.1) is 0 Å². The average Bonchev–Trinajstić information content (AvgIpc) is 2.74. The summed E-state index contributed by atoms with van der Waals surface area (Å²) in [5.41, 5.74) is 1.90. The third-order valence-corrected chi connectivity index (χ3v) is 4.94. The lowest BCUT2D eigenvalue weighted by atomic mass is 10.1. The number of carbonyl (C=O) groups is 2. The molecule has 1 aliphatic heterocycles. The zero-order valence-corrected chi connectivity index (χ0v) is 16.5. The summed E-state index contributed by atoms with van der Waals surface area (Å²) in [4.78, 5) is 28.2. The van der Waals surface area contributed by atoms with Crippen molar-refractivity contribution in [2.45, 2.75) is 6.42 Å². The molecule has 2 aromatic carbocycles. The van der Waals surface area contributed by atoms with Gasteiger partial charge in [0, 0.05) is 36.9 Å². The molecule has 0 unspecified atom stereocenters. The van der Waals surface area contributed by atoms with E-state index in [0.29, 0.717) is 18.1 Å². The summed E-state index contributed by atoms with van der Waals surface area (Å²) in [6.07, 6.45) is 0.121. The fraction of sp³-hybridized carbons (Fsp3) is 0.333. The van der Waals surface area contributed by atoms with Gasteiger partial charge in [0.1, 0.15) is 5.75 Å². The third-order valence-electron chi connectivity index (χ3n) is 4.69. The first kappa shape index (κ1) is 20.0. The first-order valence-electron chi connectivity index (χ1n) is 9.12. The molecule has 6 nitrogen and oxygen atoms in total. The highest BCUT2D eigenvalue weighted by atomic mass is 35.5. The fourth-order valence-electron chi connectivity index (χ4n) is 3.06. The maximum atomic E-state index is 12.3. The van der Waals surface area contributed by atoms with Gasteiger partial charge in [-0.25, -0.2) is 0 Å². The van der Waals surface area contributed by atoms with E-state index in [0.717, 1.165) is 30.1 Å². The molecule has 0 bridgehead atoms. The Balaban J connectivity index is 1.42. The van der Waals surface area contributed by atoms with Gasteiger partial charge in [-0.1, -0.05) is 23.7 Å². The van der Waals surface area contributed by atoms with Gasteiger partial charge in [0.15, 0.2) is 6.61 Å². The van der Waals surface area contributed by atoms with Crippen molar-refractivity contribution in [1.29, 1.82) is 0 Å². The maximum absolute atomic E-state index is 12.3. The SMILES string of the molecule is COc1ccc(N2CCN(C(=O)COC(=O)Cc3ccc(Cl)cc3)CC2)cc1.